The highest BCUT2D eigenvalue weighted by Gasteiger charge is 2.50. The van der Waals surface area contributed by atoms with E-state index >= 15 is 0 Å². The van der Waals surface area contributed by atoms with Crippen LogP contribution in [0.4, 0.5) is 4.79 Å². The number of carboxylic acid groups (broad SMARTS) is 1. The second-order valence-corrected chi connectivity index (χ2v) is 11.4. The predicted molar refractivity (Wildman–Crippen MR) is 154 cm³/mol. The van der Waals surface area contributed by atoms with E-state index in [0.29, 0.717) is 0 Å². The van der Waals surface area contributed by atoms with Gasteiger partial charge < -0.3 is 34.1 Å². The molecule has 1 aliphatic heterocycles. The molecule has 2 heterocycles. The second kappa shape index (κ2) is 14.7. The number of carboxylic acids is 1. The van der Waals surface area contributed by atoms with Crippen LogP contribution < -0.4 is 14.8 Å². The van der Waals surface area contributed by atoms with Crippen LogP contribution >= 0.6 is 0 Å². The number of ether oxygens (including phenoxy) is 5. The number of pyridine rings is 1. The van der Waals surface area contributed by atoms with E-state index in [0.717, 1.165) is 5.56 Å². The number of esters is 2. The molecule has 1 saturated heterocycles. The lowest BCUT2D eigenvalue weighted by atomic mass is 9.67. The van der Waals surface area contributed by atoms with Gasteiger partial charge in [0.05, 0.1) is 25.0 Å². The molecule has 44 heavy (non-hydrogen) atoms. The third-order valence-electron chi connectivity index (χ3n) is 7.23. The van der Waals surface area contributed by atoms with Gasteiger partial charge in [0.25, 0.3) is 5.91 Å². The number of methoxy groups -OCH3 is 1. The highest BCUT2D eigenvalue weighted by molar-refractivity contribution is 5.98. The molecule has 0 spiro atoms. The van der Waals surface area contributed by atoms with Crippen LogP contribution in [0.15, 0.2) is 42.6 Å². The zero-order valence-electron chi connectivity index (χ0n) is 25.5. The average molecular weight is 615 g/mol. The van der Waals surface area contributed by atoms with Gasteiger partial charge in [-0.15, -0.1) is 0 Å². The highest BCUT2D eigenvalue weighted by Crippen LogP contribution is 2.40. The lowest BCUT2D eigenvalue weighted by molar-refractivity contribution is -0.168. The molecule has 3 rings (SSSR count). The molecule has 1 aromatic heterocycles. The fourth-order valence-corrected chi connectivity index (χ4v) is 4.99. The lowest BCUT2D eigenvalue weighted by Crippen LogP contribution is -2.48. The van der Waals surface area contributed by atoms with Gasteiger partial charge in [-0.05, 0) is 38.7 Å². The molecular weight excluding hydrogens is 576 g/mol. The number of nitrogens with one attached hydrogen (secondary N) is 1. The highest BCUT2D eigenvalue weighted by atomic mass is 16.7. The van der Waals surface area contributed by atoms with Crippen LogP contribution in [0, 0.1) is 23.2 Å². The fourth-order valence-electron chi connectivity index (χ4n) is 4.99. The zero-order valence-corrected chi connectivity index (χ0v) is 25.5. The number of carbonyl (C=O) groups excluding carboxylic acids is 4. The quantitative estimate of drug-likeness (QED) is 0.295. The number of amides is 1. The Morgan fingerprint density at radius 1 is 1.11 bits per heavy atom. The van der Waals surface area contributed by atoms with Crippen molar-refractivity contribution in [3.05, 3.63) is 53.9 Å². The smallest absolute Gasteiger partial charge is 0.493 e. The van der Waals surface area contributed by atoms with Crippen molar-refractivity contribution in [3.8, 4) is 11.5 Å². The van der Waals surface area contributed by atoms with Gasteiger partial charge in [0.2, 0.25) is 5.75 Å². The molecule has 1 aromatic carbocycles. The van der Waals surface area contributed by atoms with Crippen molar-refractivity contribution in [2.75, 3.05) is 20.3 Å². The number of aromatic nitrogens is 1. The molecule has 1 amide bonds. The molecule has 0 radical (unpaired) electrons. The Kier molecular flexibility index (Phi) is 11.3. The van der Waals surface area contributed by atoms with E-state index in [1.54, 1.807) is 24.3 Å². The third-order valence-corrected chi connectivity index (χ3v) is 7.23. The SMILES string of the molecule is COc1ccnc(C(=O)N[C@H]2COC(=O)[C@H](Cc3ccccc3)[C@H](C(C)(C)C(=O)O)[C@H](C)OC2=O)c1OC(=O)OCC(C)C. The summed E-state index contributed by atoms with van der Waals surface area (Å²) in [6.07, 6.45) is -0.810. The Labute approximate surface area is 255 Å². The minimum Gasteiger partial charge on any atom is -0.493 e. The van der Waals surface area contributed by atoms with E-state index in [4.69, 9.17) is 23.7 Å². The van der Waals surface area contributed by atoms with Crippen LogP contribution in [0.2, 0.25) is 0 Å². The molecule has 0 bridgehead atoms. The number of nitrogens with zero attached hydrogens (tertiary/aromatic N) is 1. The van der Waals surface area contributed by atoms with Gasteiger partial charge in [-0.3, -0.25) is 14.4 Å². The molecule has 2 aromatic rings. The van der Waals surface area contributed by atoms with E-state index in [-0.39, 0.29) is 30.4 Å². The van der Waals surface area contributed by atoms with Crippen molar-refractivity contribution in [2.24, 2.45) is 23.2 Å². The maximum atomic E-state index is 13.5. The van der Waals surface area contributed by atoms with E-state index in [2.05, 4.69) is 10.3 Å². The Balaban J connectivity index is 1.91. The van der Waals surface area contributed by atoms with Gasteiger partial charge in [-0.1, -0.05) is 44.2 Å². The van der Waals surface area contributed by atoms with Gasteiger partial charge in [0, 0.05) is 18.2 Å². The van der Waals surface area contributed by atoms with Gasteiger partial charge in [0.1, 0.15) is 12.7 Å². The maximum Gasteiger partial charge on any atom is 0.514 e. The Hall–Kier alpha value is -4.68. The lowest BCUT2D eigenvalue weighted by Gasteiger charge is -2.38. The van der Waals surface area contributed by atoms with Crippen molar-refractivity contribution < 1.29 is 52.8 Å². The summed E-state index contributed by atoms with van der Waals surface area (Å²) in [7, 11) is 1.29. The van der Waals surface area contributed by atoms with Crippen molar-refractivity contribution in [1.82, 2.24) is 10.3 Å². The van der Waals surface area contributed by atoms with E-state index in [1.807, 2.05) is 19.9 Å². The number of carbonyl (C=O) groups is 5. The summed E-state index contributed by atoms with van der Waals surface area (Å²) in [6.45, 7) is 7.51. The molecule has 2 N–H and O–H groups in total. The number of aliphatic carboxylic acids is 1. The van der Waals surface area contributed by atoms with E-state index < -0.39 is 71.7 Å². The minimum absolute atomic E-state index is 0.00811. The fraction of sp³-hybridized carbons (Fsp3) is 0.484. The summed E-state index contributed by atoms with van der Waals surface area (Å²) in [6, 6.07) is 8.83. The first-order valence-electron chi connectivity index (χ1n) is 14.1. The van der Waals surface area contributed by atoms with Crippen LogP contribution in [-0.2, 0) is 35.0 Å². The standard InChI is InChI=1S/C31H38N2O11/c1-17(2)15-42-30(39)44-25-22(40-6)12-13-32-24(25)26(34)33-21-16-41-27(35)20(14-19-10-8-7-9-11-19)23(18(3)43-28(21)36)31(4,5)29(37)38/h7-13,17-18,20-21,23H,14-16H2,1-6H3,(H,33,34)(H,37,38)/t18-,20+,21-,23+/m0/s1. The molecule has 13 heteroatoms. The summed E-state index contributed by atoms with van der Waals surface area (Å²) >= 11 is 0. The number of rotatable bonds is 10. The van der Waals surface area contributed by atoms with Crippen LogP contribution in [0.1, 0.15) is 50.7 Å². The van der Waals surface area contributed by atoms with Crippen LogP contribution in [0.3, 0.4) is 0 Å². The monoisotopic (exact) mass is 614 g/mol. The summed E-state index contributed by atoms with van der Waals surface area (Å²) in [5.41, 5.74) is -1.17. The topological polar surface area (TPSA) is 177 Å². The summed E-state index contributed by atoms with van der Waals surface area (Å²) in [4.78, 5) is 68.8. The Bertz CT molecular complexity index is 1360. The number of hydrogen-bond donors (Lipinski definition) is 2. The van der Waals surface area contributed by atoms with Crippen molar-refractivity contribution in [1.29, 1.82) is 0 Å². The van der Waals surface area contributed by atoms with Crippen LogP contribution in [0.25, 0.3) is 0 Å². The van der Waals surface area contributed by atoms with Gasteiger partial charge >= 0.3 is 24.1 Å². The molecule has 238 valence electrons. The van der Waals surface area contributed by atoms with Crippen molar-refractivity contribution >= 4 is 30.0 Å². The van der Waals surface area contributed by atoms with Crippen LogP contribution in [0.5, 0.6) is 11.5 Å². The normalized spacial score (nSPS) is 20.7. The Morgan fingerprint density at radius 2 is 1.80 bits per heavy atom. The largest absolute Gasteiger partial charge is 0.514 e. The first-order valence-corrected chi connectivity index (χ1v) is 14.1. The molecule has 0 aliphatic carbocycles. The molecular formula is C31H38N2O11. The zero-order chi connectivity index (χ0) is 32.6. The first-order chi connectivity index (χ1) is 20.8. The third kappa shape index (κ3) is 8.23. The summed E-state index contributed by atoms with van der Waals surface area (Å²) in [5, 5.41) is 12.5. The second-order valence-electron chi connectivity index (χ2n) is 11.4. The van der Waals surface area contributed by atoms with Gasteiger partial charge in [0.15, 0.2) is 17.5 Å². The number of benzene rings is 1. The molecule has 0 saturated carbocycles. The molecule has 1 fully saturated rings. The summed E-state index contributed by atoms with van der Waals surface area (Å²) < 4.78 is 26.7. The van der Waals surface area contributed by atoms with Crippen molar-refractivity contribution in [2.45, 2.75) is 53.2 Å². The maximum absolute atomic E-state index is 13.5. The minimum atomic E-state index is -1.51. The molecule has 0 unspecified atom stereocenters. The van der Waals surface area contributed by atoms with Crippen LogP contribution in [-0.4, -0.2) is 72.5 Å². The molecule has 13 nitrogen and oxygen atoms in total. The summed E-state index contributed by atoms with van der Waals surface area (Å²) in [5.74, 6) is -6.22. The molecule has 4 atom stereocenters. The predicted octanol–water partition coefficient (Wildman–Crippen LogP) is 3.43. The van der Waals surface area contributed by atoms with Crippen molar-refractivity contribution in [3.63, 3.8) is 0 Å². The van der Waals surface area contributed by atoms with Gasteiger partial charge in [-0.2, -0.15) is 0 Å². The number of cyclic esters (lactones) is 2. The number of hydrogen-bond acceptors (Lipinski definition) is 11. The molecule has 1 aliphatic rings. The van der Waals surface area contributed by atoms with E-state index in [9.17, 15) is 29.1 Å². The Morgan fingerprint density at radius 3 is 2.41 bits per heavy atom. The average Bonchev–Trinajstić information content (AvgIpc) is 3.01. The first kappa shape index (κ1) is 33.8. The van der Waals surface area contributed by atoms with Gasteiger partial charge in [-0.25, -0.2) is 14.6 Å². The van der Waals surface area contributed by atoms with E-state index in [1.165, 1.54) is 40.1 Å².